The molecule has 112 valence electrons. The number of hydrogen-bond donors (Lipinski definition) is 2. The number of hydrogen-bond acceptors (Lipinski definition) is 4. The Morgan fingerprint density at radius 1 is 1.14 bits per heavy atom. The minimum atomic E-state index is -3.55. The van der Waals surface area contributed by atoms with E-state index in [1.807, 2.05) is 0 Å². The molecule has 0 saturated carbocycles. The number of aliphatic hydroxyl groups is 1. The third-order valence-electron chi connectivity index (χ3n) is 3.13. The molecule has 0 aliphatic carbocycles. The first-order valence-corrected chi connectivity index (χ1v) is 8.82. The fourth-order valence-corrected chi connectivity index (χ4v) is 3.88. The summed E-state index contributed by atoms with van der Waals surface area (Å²) in [5.41, 5.74) is 7.00. The van der Waals surface area contributed by atoms with E-state index in [0.717, 1.165) is 5.56 Å². The topological polar surface area (TPSA) is 80.4 Å². The Morgan fingerprint density at radius 3 is 2.38 bits per heavy atom. The van der Waals surface area contributed by atoms with Crippen molar-refractivity contribution in [2.24, 2.45) is 5.73 Å². The summed E-state index contributed by atoms with van der Waals surface area (Å²) >= 11 is 3.24. The van der Waals surface area contributed by atoms with Crippen molar-refractivity contribution in [1.82, 2.24) is 0 Å². The van der Waals surface area contributed by atoms with E-state index in [2.05, 4.69) is 15.9 Å². The summed E-state index contributed by atoms with van der Waals surface area (Å²) in [4.78, 5) is 0.189. The fraction of sp³-hybridized carbons (Fsp3) is 0.200. The highest BCUT2D eigenvalue weighted by Crippen LogP contribution is 2.22. The van der Waals surface area contributed by atoms with Crippen LogP contribution in [0.3, 0.4) is 0 Å². The van der Waals surface area contributed by atoms with Crippen LogP contribution in [-0.2, 0) is 16.4 Å². The molecule has 2 rings (SSSR count). The number of nitrogens with two attached hydrogens (primary N) is 1. The molecule has 0 fully saturated rings. The van der Waals surface area contributed by atoms with Crippen LogP contribution in [0.25, 0.3) is 0 Å². The van der Waals surface area contributed by atoms with Gasteiger partial charge < -0.3 is 10.8 Å². The summed E-state index contributed by atoms with van der Waals surface area (Å²) in [5, 5.41) is 10.1. The van der Waals surface area contributed by atoms with Crippen molar-refractivity contribution in [2.75, 3.05) is 5.75 Å². The summed E-state index contributed by atoms with van der Waals surface area (Å²) in [5.74, 6) is -0.356. The molecule has 0 aliphatic heterocycles. The third-order valence-corrected chi connectivity index (χ3v) is 5.35. The maximum Gasteiger partial charge on any atom is 0.181 e. The summed E-state index contributed by atoms with van der Waals surface area (Å²) < 4.78 is 25.3. The van der Waals surface area contributed by atoms with Gasteiger partial charge >= 0.3 is 0 Å². The lowest BCUT2D eigenvalue weighted by Gasteiger charge is -2.12. The highest BCUT2D eigenvalue weighted by Gasteiger charge is 2.21. The first kappa shape index (κ1) is 16.2. The minimum Gasteiger partial charge on any atom is -0.387 e. The van der Waals surface area contributed by atoms with Crippen LogP contribution in [0.2, 0.25) is 0 Å². The third kappa shape index (κ3) is 4.14. The quantitative estimate of drug-likeness (QED) is 0.847. The maximum atomic E-state index is 12.3. The lowest BCUT2D eigenvalue weighted by molar-refractivity contribution is 0.201. The average molecular weight is 370 g/mol. The molecule has 0 heterocycles. The van der Waals surface area contributed by atoms with Gasteiger partial charge in [-0.3, -0.25) is 0 Å². The normalized spacial score (nSPS) is 13.1. The highest BCUT2D eigenvalue weighted by atomic mass is 79.9. The maximum absolute atomic E-state index is 12.3. The van der Waals surface area contributed by atoms with Gasteiger partial charge in [0.15, 0.2) is 9.84 Å². The Morgan fingerprint density at radius 2 is 1.81 bits per heavy atom. The van der Waals surface area contributed by atoms with Gasteiger partial charge in [-0.2, -0.15) is 0 Å². The molecule has 0 spiro atoms. The first-order valence-electron chi connectivity index (χ1n) is 6.37. The molecule has 6 heteroatoms. The molecule has 0 bridgehead atoms. The number of rotatable bonds is 5. The first-order chi connectivity index (χ1) is 9.92. The summed E-state index contributed by atoms with van der Waals surface area (Å²) in [6.45, 7) is 0.409. The monoisotopic (exact) mass is 369 g/mol. The van der Waals surface area contributed by atoms with Gasteiger partial charge in [0.25, 0.3) is 0 Å². The lowest BCUT2D eigenvalue weighted by atomic mass is 10.1. The standard InChI is InChI=1S/C15H16BrNO3S/c16-13-2-1-3-14(8-13)21(19,20)10-15(18)12-6-4-11(9-17)5-7-12/h1-8,15,18H,9-10,17H2. The van der Waals surface area contributed by atoms with Crippen molar-refractivity contribution in [1.29, 1.82) is 0 Å². The number of sulfone groups is 1. The van der Waals surface area contributed by atoms with Crippen molar-refractivity contribution in [3.05, 3.63) is 64.1 Å². The Bertz CT molecular complexity index is 714. The predicted molar refractivity (Wildman–Crippen MR) is 85.5 cm³/mol. The molecule has 0 radical (unpaired) electrons. The SMILES string of the molecule is NCc1ccc(C(O)CS(=O)(=O)c2cccc(Br)c2)cc1. The van der Waals surface area contributed by atoms with E-state index in [1.165, 1.54) is 12.1 Å². The van der Waals surface area contributed by atoms with Crippen molar-refractivity contribution >= 4 is 25.8 Å². The van der Waals surface area contributed by atoms with Crippen LogP contribution in [0.15, 0.2) is 57.9 Å². The highest BCUT2D eigenvalue weighted by molar-refractivity contribution is 9.10. The van der Waals surface area contributed by atoms with Crippen molar-refractivity contribution in [2.45, 2.75) is 17.5 Å². The Labute approximate surface area is 132 Å². The van der Waals surface area contributed by atoms with Gasteiger partial charge in [0.05, 0.1) is 16.8 Å². The number of benzene rings is 2. The van der Waals surface area contributed by atoms with E-state index in [1.54, 1.807) is 36.4 Å². The molecule has 0 amide bonds. The molecule has 0 aromatic heterocycles. The second-order valence-corrected chi connectivity index (χ2v) is 7.65. The summed E-state index contributed by atoms with van der Waals surface area (Å²) in [7, 11) is -3.55. The minimum absolute atomic E-state index is 0.189. The largest absolute Gasteiger partial charge is 0.387 e. The molecular weight excluding hydrogens is 354 g/mol. The van der Waals surface area contributed by atoms with Crippen LogP contribution in [-0.4, -0.2) is 19.3 Å². The second-order valence-electron chi connectivity index (χ2n) is 4.70. The molecule has 0 saturated heterocycles. The summed E-state index contributed by atoms with van der Waals surface area (Å²) in [6, 6.07) is 13.4. The van der Waals surface area contributed by atoms with Gasteiger partial charge in [0.1, 0.15) is 0 Å². The van der Waals surface area contributed by atoms with Gasteiger partial charge in [-0.15, -0.1) is 0 Å². The molecule has 2 aromatic rings. The molecule has 1 atom stereocenters. The van der Waals surface area contributed by atoms with Gasteiger partial charge in [-0.05, 0) is 29.3 Å². The van der Waals surface area contributed by atoms with E-state index in [-0.39, 0.29) is 10.6 Å². The van der Waals surface area contributed by atoms with E-state index >= 15 is 0 Å². The Hall–Kier alpha value is -1.21. The second kappa shape index (κ2) is 6.70. The molecular formula is C15H16BrNO3S. The zero-order valence-electron chi connectivity index (χ0n) is 11.2. The Kier molecular flexibility index (Phi) is 5.16. The molecule has 3 N–H and O–H groups in total. The zero-order chi connectivity index (χ0) is 15.5. The summed E-state index contributed by atoms with van der Waals surface area (Å²) in [6.07, 6.45) is -1.07. The fourth-order valence-electron chi connectivity index (χ4n) is 1.94. The van der Waals surface area contributed by atoms with E-state index < -0.39 is 15.9 Å². The van der Waals surface area contributed by atoms with Gasteiger partial charge in [0.2, 0.25) is 0 Å². The molecule has 0 aliphatic rings. The van der Waals surface area contributed by atoms with Gasteiger partial charge in [-0.1, -0.05) is 46.3 Å². The lowest BCUT2D eigenvalue weighted by Crippen LogP contribution is -2.15. The smallest absolute Gasteiger partial charge is 0.181 e. The molecule has 21 heavy (non-hydrogen) atoms. The molecule has 2 aromatic carbocycles. The van der Waals surface area contributed by atoms with Gasteiger partial charge in [-0.25, -0.2) is 8.42 Å². The zero-order valence-corrected chi connectivity index (χ0v) is 13.6. The molecule has 1 unspecified atom stereocenters. The number of halogens is 1. The van der Waals surface area contributed by atoms with Crippen molar-refractivity contribution < 1.29 is 13.5 Å². The van der Waals surface area contributed by atoms with Crippen LogP contribution >= 0.6 is 15.9 Å². The van der Waals surface area contributed by atoms with Gasteiger partial charge in [0, 0.05) is 11.0 Å². The van der Waals surface area contributed by atoms with Crippen LogP contribution in [0.5, 0.6) is 0 Å². The Balaban J connectivity index is 2.19. The molecule has 4 nitrogen and oxygen atoms in total. The van der Waals surface area contributed by atoms with E-state index in [4.69, 9.17) is 5.73 Å². The average Bonchev–Trinajstić information content (AvgIpc) is 2.47. The van der Waals surface area contributed by atoms with Crippen molar-refractivity contribution in [3.63, 3.8) is 0 Å². The predicted octanol–water partition coefficient (Wildman–Crippen LogP) is 2.42. The van der Waals surface area contributed by atoms with E-state index in [9.17, 15) is 13.5 Å². The number of aliphatic hydroxyl groups excluding tert-OH is 1. The van der Waals surface area contributed by atoms with Crippen LogP contribution < -0.4 is 5.73 Å². The van der Waals surface area contributed by atoms with Crippen molar-refractivity contribution in [3.8, 4) is 0 Å². The van der Waals surface area contributed by atoms with E-state index in [0.29, 0.717) is 16.6 Å². The van der Waals surface area contributed by atoms with Crippen LogP contribution in [0, 0.1) is 0 Å². The van der Waals surface area contributed by atoms with Crippen LogP contribution in [0.1, 0.15) is 17.2 Å². The van der Waals surface area contributed by atoms with Crippen LogP contribution in [0.4, 0.5) is 0 Å².